The van der Waals surface area contributed by atoms with Crippen molar-refractivity contribution >= 4 is 0 Å². The van der Waals surface area contributed by atoms with Gasteiger partial charge < -0.3 is 4.74 Å². The van der Waals surface area contributed by atoms with Crippen LogP contribution in [0.2, 0.25) is 0 Å². The fourth-order valence-corrected chi connectivity index (χ4v) is 2.00. The van der Waals surface area contributed by atoms with Gasteiger partial charge in [-0.15, -0.1) is 0 Å². The molecule has 0 saturated heterocycles. The van der Waals surface area contributed by atoms with Crippen molar-refractivity contribution in [2.75, 3.05) is 6.61 Å². The van der Waals surface area contributed by atoms with Gasteiger partial charge in [-0.1, -0.05) is 49.4 Å². The lowest BCUT2D eigenvalue weighted by atomic mass is 10.0. The van der Waals surface area contributed by atoms with Crippen LogP contribution in [-0.4, -0.2) is 6.61 Å². The Morgan fingerprint density at radius 3 is 2.53 bits per heavy atom. The molecule has 19 heavy (non-hydrogen) atoms. The van der Waals surface area contributed by atoms with Crippen LogP contribution in [-0.2, 0) is 17.8 Å². The molecular weight excluding hydrogens is 239 g/mol. The van der Waals surface area contributed by atoms with Gasteiger partial charge in [-0.05, 0) is 29.2 Å². The first kappa shape index (κ1) is 13.8. The Morgan fingerprint density at radius 1 is 1.00 bits per heavy atom. The Hall–Kier alpha value is -1.67. The monoisotopic (exact) mass is 258 g/mol. The number of hydrogen-bond acceptors (Lipinski definition) is 1. The van der Waals surface area contributed by atoms with Gasteiger partial charge in [0.05, 0.1) is 6.61 Å². The Balaban J connectivity index is 2.09. The van der Waals surface area contributed by atoms with Gasteiger partial charge in [0.1, 0.15) is 5.82 Å². The highest BCUT2D eigenvalue weighted by Crippen LogP contribution is 2.16. The summed E-state index contributed by atoms with van der Waals surface area (Å²) in [5.74, 6) is -0.150. The predicted molar refractivity (Wildman–Crippen MR) is 75.6 cm³/mol. The van der Waals surface area contributed by atoms with Crippen molar-refractivity contribution in [1.82, 2.24) is 0 Å². The molecule has 0 heterocycles. The fraction of sp³-hybridized carbons (Fsp3) is 0.294. The van der Waals surface area contributed by atoms with E-state index in [4.69, 9.17) is 4.74 Å². The second-order valence-electron chi connectivity index (χ2n) is 4.64. The Bertz CT molecular complexity index is 508. The lowest BCUT2D eigenvalue weighted by Gasteiger charge is -2.08. The molecule has 0 spiro atoms. The van der Waals surface area contributed by atoms with E-state index in [1.165, 1.54) is 6.07 Å². The number of benzene rings is 2. The second-order valence-corrected chi connectivity index (χ2v) is 4.64. The molecule has 0 radical (unpaired) electrons. The van der Waals surface area contributed by atoms with Gasteiger partial charge in [-0.25, -0.2) is 4.39 Å². The van der Waals surface area contributed by atoms with Crippen molar-refractivity contribution < 1.29 is 9.13 Å². The van der Waals surface area contributed by atoms with Gasteiger partial charge in [-0.3, -0.25) is 0 Å². The van der Waals surface area contributed by atoms with E-state index < -0.39 is 0 Å². The number of halogens is 1. The average molecular weight is 258 g/mol. The van der Waals surface area contributed by atoms with E-state index in [1.807, 2.05) is 36.4 Å². The summed E-state index contributed by atoms with van der Waals surface area (Å²) in [7, 11) is 0. The molecule has 0 aliphatic carbocycles. The van der Waals surface area contributed by atoms with E-state index in [0.717, 1.165) is 29.7 Å². The first-order chi connectivity index (χ1) is 9.29. The molecule has 2 aromatic rings. The van der Waals surface area contributed by atoms with E-state index in [9.17, 15) is 4.39 Å². The molecule has 0 saturated carbocycles. The van der Waals surface area contributed by atoms with E-state index in [2.05, 4.69) is 6.92 Å². The summed E-state index contributed by atoms with van der Waals surface area (Å²) >= 11 is 0. The van der Waals surface area contributed by atoms with E-state index in [0.29, 0.717) is 13.0 Å². The minimum atomic E-state index is -0.150. The van der Waals surface area contributed by atoms with E-state index in [1.54, 1.807) is 6.07 Å². The van der Waals surface area contributed by atoms with Crippen LogP contribution in [0.5, 0.6) is 0 Å². The van der Waals surface area contributed by atoms with Crippen molar-refractivity contribution in [2.24, 2.45) is 0 Å². The summed E-state index contributed by atoms with van der Waals surface area (Å²) in [5.41, 5.74) is 2.87. The SMILES string of the molecule is CCCOCc1ccc(F)c(Cc2ccccc2)c1. The smallest absolute Gasteiger partial charge is 0.126 e. The van der Waals surface area contributed by atoms with Crippen LogP contribution in [0.25, 0.3) is 0 Å². The quantitative estimate of drug-likeness (QED) is 0.700. The molecule has 2 heteroatoms. The largest absolute Gasteiger partial charge is 0.377 e. The third kappa shape index (κ3) is 4.18. The molecule has 0 fully saturated rings. The number of rotatable bonds is 6. The van der Waals surface area contributed by atoms with Crippen LogP contribution in [0.4, 0.5) is 4.39 Å². The zero-order valence-corrected chi connectivity index (χ0v) is 11.2. The van der Waals surface area contributed by atoms with Crippen LogP contribution in [0.3, 0.4) is 0 Å². The summed E-state index contributed by atoms with van der Waals surface area (Å²) in [5, 5.41) is 0. The summed E-state index contributed by atoms with van der Waals surface area (Å²) in [6.07, 6.45) is 1.62. The fourth-order valence-electron chi connectivity index (χ4n) is 2.00. The van der Waals surface area contributed by atoms with E-state index in [-0.39, 0.29) is 5.82 Å². The minimum Gasteiger partial charge on any atom is -0.377 e. The molecular formula is C17H19FO. The Morgan fingerprint density at radius 2 is 1.79 bits per heavy atom. The summed E-state index contributed by atoms with van der Waals surface area (Å²) < 4.78 is 19.3. The highest BCUT2D eigenvalue weighted by molar-refractivity contribution is 5.30. The third-order valence-electron chi connectivity index (χ3n) is 2.96. The maximum absolute atomic E-state index is 13.8. The molecule has 0 aliphatic heterocycles. The standard InChI is InChI=1S/C17H19FO/c1-2-10-19-13-15-8-9-17(18)16(12-15)11-14-6-4-3-5-7-14/h3-9,12H,2,10-11,13H2,1H3. The summed E-state index contributed by atoms with van der Waals surface area (Å²) in [4.78, 5) is 0. The summed E-state index contributed by atoms with van der Waals surface area (Å²) in [6, 6.07) is 15.2. The van der Waals surface area contributed by atoms with Crippen molar-refractivity contribution in [3.63, 3.8) is 0 Å². The molecule has 100 valence electrons. The van der Waals surface area contributed by atoms with Crippen LogP contribution in [0.15, 0.2) is 48.5 Å². The van der Waals surface area contributed by atoms with Gasteiger partial charge >= 0.3 is 0 Å². The highest BCUT2D eigenvalue weighted by atomic mass is 19.1. The van der Waals surface area contributed by atoms with Gasteiger partial charge in [0.15, 0.2) is 0 Å². The normalized spacial score (nSPS) is 10.6. The zero-order chi connectivity index (χ0) is 13.5. The third-order valence-corrected chi connectivity index (χ3v) is 2.96. The Labute approximate surface area is 114 Å². The summed E-state index contributed by atoms with van der Waals surface area (Å²) in [6.45, 7) is 3.37. The lowest BCUT2D eigenvalue weighted by Crippen LogP contribution is -1.98. The van der Waals surface area contributed by atoms with Crippen LogP contribution >= 0.6 is 0 Å². The minimum absolute atomic E-state index is 0.150. The molecule has 0 aromatic heterocycles. The second kappa shape index (κ2) is 7.05. The molecule has 0 amide bonds. The lowest BCUT2D eigenvalue weighted by molar-refractivity contribution is 0.121. The zero-order valence-electron chi connectivity index (χ0n) is 11.2. The molecule has 0 unspecified atom stereocenters. The molecule has 2 rings (SSSR count). The molecule has 2 aromatic carbocycles. The van der Waals surface area contributed by atoms with Gasteiger partial charge in [0.2, 0.25) is 0 Å². The van der Waals surface area contributed by atoms with Crippen LogP contribution < -0.4 is 0 Å². The Kier molecular flexibility index (Phi) is 5.10. The first-order valence-electron chi connectivity index (χ1n) is 6.68. The maximum Gasteiger partial charge on any atom is 0.126 e. The van der Waals surface area contributed by atoms with Gasteiger partial charge in [0.25, 0.3) is 0 Å². The predicted octanol–water partition coefficient (Wildman–Crippen LogP) is 4.34. The molecule has 0 aliphatic rings. The van der Waals surface area contributed by atoms with Crippen LogP contribution in [0, 0.1) is 5.82 Å². The van der Waals surface area contributed by atoms with Crippen LogP contribution in [0.1, 0.15) is 30.0 Å². The average Bonchev–Trinajstić information content (AvgIpc) is 2.44. The van der Waals surface area contributed by atoms with Crippen molar-refractivity contribution in [3.05, 3.63) is 71.0 Å². The first-order valence-corrected chi connectivity index (χ1v) is 6.68. The highest BCUT2D eigenvalue weighted by Gasteiger charge is 2.05. The number of hydrogen-bond donors (Lipinski definition) is 0. The van der Waals surface area contributed by atoms with Gasteiger partial charge in [-0.2, -0.15) is 0 Å². The maximum atomic E-state index is 13.8. The molecule has 1 nitrogen and oxygen atoms in total. The van der Waals surface area contributed by atoms with Crippen molar-refractivity contribution in [2.45, 2.75) is 26.4 Å². The molecule has 0 atom stereocenters. The topological polar surface area (TPSA) is 9.23 Å². The molecule has 0 N–H and O–H groups in total. The molecule has 0 bridgehead atoms. The van der Waals surface area contributed by atoms with Gasteiger partial charge in [0, 0.05) is 13.0 Å². The van der Waals surface area contributed by atoms with Crippen molar-refractivity contribution in [3.8, 4) is 0 Å². The number of ether oxygens (including phenoxy) is 1. The van der Waals surface area contributed by atoms with Crippen molar-refractivity contribution in [1.29, 1.82) is 0 Å². The van der Waals surface area contributed by atoms with E-state index >= 15 is 0 Å².